The zero-order valence-electron chi connectivity index (χ0n) is 13.4. The molecular formula is C19H21N3O. The van der Waals surface area contributed by atoms with E-state index in [1.807, 2.05) is 74.5 Å². The van der Waals surface area contributed by atoms with E-state index in [0.717, 1.165) is 16.8 Å². The predicted octanol–water partition coefficient (Wildman–Crippen LogP) is 3.61. The summed E-state index contributed by atoms with van der Waals surface area (Å²) in [5, 5.41) is 7.01. The first-order chi connectivity index (χ1) is 11.1. The molecule has 1 amide bonds. The molecule has 0 bridgehead atoms. The van der Waals surface area contributed by atoms with Gasteiger partial charge in [0.05, 0.1) is 12.8 Å². The molecule has 0 saturated heterocycles. The van der Waals surface area contributed by atoms with Gasteiger partial charge in [0.1, 0.15) is 0 Å². The van der Waals surface area contributed by atoms with Gasteiger partial charge in [0.2, 0.25) is 0 Å². The van der Waals surface area contributed by atoms with Gasteiger partial charge in [-0.25, -0.2) is 5.43 Å². The van der Waals surface area contributed by atoms with Crippen LogP contribution in [0.25, 0.3) is 6.08 Å². The topological polar surface area (TPSA) is 53.5 Å². The molecule has 0 aliphatic rings. The van der Waals surface area contributed by atoms with Crippen LogP contribution < -0.4 is 10.7 Å². The van der Waals surface area contributed by atoms with Crippen LogP contribution in [0.4, 0.5) is 5.69 Å². The van der Waals surface area contributed by atoms with Crippen LogP contribution in [0, 0.1) is 6.92 Å². The van der Waals surface area contributed by atoms with E-state index in [9.17, 15) is 4.79 Å². The molecule has 4 heteroatoms. The Bertz CT molecular complexity index is 688. The number of hydrogen-bond donors (Lipinski definition) is 2. The van der Waals surface area contributed by atoms with Crippen molar-refractivity contribution in [3.05, 3.63) is 71.3 Å². The summed E-state index contributed by atoms with van der Waals surface area (Å²) in [7, 11) is 0. The van der Waals surface area contributed by atoms with Gasteiger partial charge in [-0.2, -0.15) is 5.10 Å². The second kappa shape index (κ2) is 8.54. The lowest BCUT2D eigenvalue weighted by Crippen LogP contribution is -2.25. The first kappa shape index (κ1) is 16.5. The minimum absolute atomic E-state index is 0.182. The van der Waals surface area contributed by atoms with Crippen molar-refractivity contribution in [2.45, 2.75) is 13.8 Å². The van der Waals surface area contributed by atoms with E-state index >= 15 is 0 Å². The number of anilines is 1. The van der Waals surface area contributed by atoms with E-state index in [-0.39, 0.29) is 12.5 Å². The smallest absolute Gasteiger partial charge is 0.259 e. The van der Waals surface area contributed by atoms with Gasteiger partial charge < -0.3 is 5.32 Å². The standard InChI is InChI=1S/C19H21N3O/c1-15-8-10-18(11-9-15)20-14-19(23)22-21-13-16(2)12-17-6-4-3-5-7-17/h3-13,20H,14H2,1-2H3,(H,22,23)/b16-12+,21-13-. The molecule has 0 fully saturated rings. The van der Waals surface area contributed by atoms with Crippen molar-refractivity contribution in [1.82, 2.24) is 5.43 Å². The van der Waals surface area contributed by atoms with E-state index in [1.54, 1.807) is 6.21 Å². The second-order valence-electron chi connectivity index (χ2n) is 5.31. The van der Waals surface area contributed by atoms with Crippen LogP contribution in [-0.4, -0.2) is 18.7 Å². The predicted molar refractivity (Wildman–Crippen MR) is 96.4 cm³/mol. The fraction of sp³-hybridized carbons (Fsp3) is 0.158. The molecule has 0 aliphatic heterocycles. The van der Waals surface area contributed by atoms with E-state index in [0.29, 0.717) is 0 Å². The van der Waals surface area contributed by atoms with Crippen molar-refractivity contribution < 1.29 is 4.79 Å². The van der Waals surface area contributed by atoms with Gasteiger partial charge >= 0.3 is 0 Å². The third-order valence-electron chi connectivity index (χ3n) is 3.16. The third kappa shape index (κ3) is 6.18. The van der Waals surface area contributed by atoms with Crippen molar-refractivity contribution >= 4 is 23.9 Å². The molecule has 0 atom stereocenters. The molecule has 0 radical (unpaired) electrons. The number of nitrogens with zero attached hydrogens (tertiary/aromatic N) is 1. The monoisotopic (exact) mass is 307 g/mol. The summed E-state index contributed by atoms with van der Waals surface area (Å²) < 4.78 is 0. The van der Waals surface area contributed by atoms with E-state index < -0.39 is 0 Å². The van der Waals surface area contributed by atoms with Crippen LogP contribution in [0.5, 0.6) is 0 Å². The number of allylic oxidation sites excluding steroid dienone is 1. The number of hydrogen-bond acceptors (Lipinski definition) is 3. The number of benzene rings is 2. The van der Waals surface area contributed by atoms with Gasteiger partial charge in [-0.05, 0) is 37.1 Å². The van der Waals surface area contributed by atoms with Gasteiger partial charge in [0.15, 0.2) is 0 Å². The van der Waals surface area contributed by atoms with Gasteiger partial charge in [0.25, 0.3) is 5.91 Å². The number of rotatable bonds is 6. The molecular weight excluding hydrogens is 286 g/mol. The van der Waals surface area contributed by atoms with E-state index in [4.69, 9.17) is 0 Å². The summed E-state index contributed by atoms with van der Waals surface area (Å²) >= 11 is 0. The summed E-state index contributed by atoms with van der Waals surface area (Å²) in [5.74, 6) is -0.186. The molecule has 0 heterocycles. The molecule has 4 nitrogen and oxygen atoms in total. The highest BCUT2D eigenvalue weighted by molar-refractivity contribution is 5.87. The highest BCUT2D eigenvalue weighted by atomic mass is 16.2. The molecule has 0 aliphatic carbocycles. The number of carbonyl (C=O) groups is 1. The summed E-state index contributed by atoms with van der Waals surface area (Å²) in [6.45, 7) is 4.14. The van der Waals surface area contributed by atoms with Gasteiger partial charge in [-0.3, -0.25) is 4.79 Å². The zero-order chi connectivity index (χ0) is 16.5. The maximum absolute atomic E-state index is 11.7. The maximum atomic E-state index is 11.7. The number of amides is 1. The minimum Gasteiger partial charge on any atom is -0.376 e. The second-order valence-corrected chi connectivity index (χ2v) is 5.31. The zero-order valence-corrected chi connectivity index (χ0v) is 13.4. The lowest BCUT2D eigenvalue weighted by molar-refractivity contribution is -0.119. The summed E-state index contributed by atoms with van der Waals surface area (Å²) in [6, 6.07) is 17.8. The fourth-order valence-corrected chi connectivity index (χ4v) is 1.95. The summed E-state index contributed by atoms with van der Waals surface area (Å²) in [5.41, 5.74) is 6.67. The third-order valence-corrected chi connectivity index (χ3v) is 3.16. The van der Waals surface area contributed by atoms with Crippen LogP contribution >= 0.6 is 0 Å². The van der Waals surface area contributed by atoms with Gasteiger partial charge in [0, 0.05) is 5.69 Å². The van der Waals surface area contributed by atoms with Crippen molar-refractivity contribution in [2.24, 2.45) is 5.10 Å². The Labute approximate surface area is 136 Å². The highest BCUT2D eigenvalue weighted by Crippen LogP contribution is 2.07. The van der Waals surface area contributed by atoms with Crippen LogP contribution in [0.1, 0.15) is 18.1 Å². The Morgan fingerprint density at radius 1 is 1.09 bits per heavy atom. The SMILES string of the molecule is CC(/C=N\NC(=O)CNc1ccc(C)cc1)=C\c1ccccc1. The lowest BCUT2D eigenvalue weighted by Gasteiger charge is -2.05. The van der Waals surface area contributed by atoms with Crippen molar-refractivity contribution in [3.63, 3.8) is 0 Å². The molecule has 118 valence electrons. The number of aryl methyl sites for hydroxylation is 1. The normalized spacial score (nSPS) is 11.5. The first-order valence-corrected chi connectivity index (χ1v) is 7.49. The average molecular weight is 307 g/mol. The Balaban J connectivity index is 1.77. The summed E-state index contributed by atoms with van der Waals surface area (Å²) in [4.78, 5) is 11.7. The van der Waals surface area contributed by atoms with E-state index in [2.05, 4.69) is 15.8 Å². The highest BCUT2D eigenvalue weighted by Gasteiger charge is 1.99. The van der Waals surface area contributed by atoms with Crippen LogP contribution in [-0.2, 0) is 4.79 Å². The van der Waals surface area contributed by atoms with Crippen molar-refractivity contribution in [3.8, 4) is 0 Å². The van der Waals surface area contributed by atoms with Crippen LogP contribution in [0.3, 0.4) is 0 Å². The largest absolute Gasteiger partial charge is 0.376 e. The molecule has 2 rings (SSSR count). The molecule has 0 aromatic heterocycles. The molecule has 23 heavy (non-hydrogen) atoms. The molecule has 2 aromatic rings. The molecule has 0 spiro atoms. The van der Waals surface area contributed by atoms with Crippen LogP contribution in [0.15, 0.2) is 65.3 Å². The molecule has 0 saturated carbocycles. The average Bonchev–Trinajstić information content (AvgIpc) is 2.55. The number of carbonyl (C=O) groups excluding carboxylic acids is 1. The quantitative estimate of drug-likeness (QED) is 0.632. The molecule has 2 aromatic carbocycles. The maximum Gasteiger partial charge on any atom is 0.259 e. The minimum atomic E-state index is -0.186. The van der Waals surface area contributed by atoms with Gasteiger partial charge in [-0.1, -0.05) is 54.1 Å². The summed E-state index contributed by atoms with van der Waals surface area (Å²) in [6.07, 6.45) is 3.64. The Morgan fingerprint density at radius 2 is 1.78 bits per heavy atom. The Hall–Kier alpha value is -2.88. The number of nitrogens with one attached hydrogen (secondary N) is 2. The van der Waals surface area contributed by atoms with Crippen molar-refractivity contribution in [1.29, 1.82) is 0 Å². The molecule has 0 unspecified atom stereocenters. The van der Waals surface area contributed by atoms with E-state index in [1.165, 1.54) is 5.56 Å². The number of hydrazone groups is 1. The fourth-order valence-electron chi connectivity index (χ4n) is 1.95. The van der Waals surface area contributed by atoms with Crippen molar-refractivity contribution in [2.75, 3.05) is 11.9 Å². The molecule has 2 N–H and O–H groups in total. The Morgan fingerprint density at radius 3 is 2.48 bits per heavy atom. The lowest BCUT2D eigenvalue weighted by atomic mass is 10.1. The first-order valence-electron chi connectivity index (χ1n) is 7.49. The van der Waals surface area contributed by atoms with Gasteiger partial charge in [-0.15, -0.1) is 0 Å². The Kier molecular flexibility index (Phi) is 6.12. The van der Waals surface area contributed by atoms with Crippen LogP contribution in [0.2, 0.25) is 0 Å².